The number of carbonyl (C=O) groups excluding carboxylic acids is 1. The number of carbonyl (C=O) groups is 1. The fourth-order valence-corrected chi connectivity index (χ4v) is 2.35. The Hall–Kier alpha value is -1.69. The van der Waals surface area contributed by atoms with E-state index < -0.39 is 0 Å². The molecule has 1 aromatic rings. The van der Waals surface area contributed by atoms with Crippen LogP contribution in [0.5, 0.6) is 0 Å². The second-order valence-corrected chi connectivity index (χ2v) is 5.03. The summed E-state index contributed by atoms with van der Waals surface area (Å²) in [5, 5.41) is 0. The molecule has 0 saturated carbocycles. The molecule has 2 heterocycles. The van der Waals surface area contributed by atoms with Gasteiger partial charge in [0.05, 0.1) is 0 Å². The van der Waals surface area contributed by atoms with E-state index >= 15 is 0 Å². The molecule has 1 saturated heterocycles. The molecular weight excluding hydrogens is 254 g/mol. The van der Waals surface area contributed by atoms with Crippen molar-refractivity contribution in [2.24, 2.45) is 0 Å². The first-order valence-electron chi connectivity index (χ1n) is 7.20. The molecule has 0 aromatic carbocycles. The van der Waals surface area contributed by atoms with Crippen molar-refractivity contribution in [1.82, 2.24) is 19.8 Å². The SMILES string of the molecule is CCN(CC)C(=O)c1cc(N2CCN(C)CC2)ncn1. The molecule has 1 aliphatic rings. The van der Waals surface area contributed by atoms with Gasteiger partial charge in [-0.1, -0.05) is 0 Å². The fourth-order valence-electron chi connectivity index (χ4n) is 2.35. The van der Waals surface area contributed by atoms with Crippen molar-refractivity contribution in [2.75, 3.05) is 51.2 Å². The molecular formula is C14H23N5O. The summed E-state index contributed by atoms with van der Waals surface area (Å²) in [4.78, 5) is 27.0. The topological polar surface area (TPSA) is 52.6 Å². The number of likely N-dealkylation sites (N-methyl/N-ethyl adjacent to an activating group) is 1. The molecule has 1 aromatic heterocycles. The lowest BCUT2D eigenvalue weighted by Crippen LogP contribution is -2.45. The van der Waals surface area contributed by atoms with Gasteiger partial charge >= 0.3 is 0 Å². The summed E-state index contributed by atoms with van der Waals surface area (Å²) in [6.45, 7) is 9.26. The van der Waals surface area contributed by atoms with Crippen molar-refractivity contribution in [1.29, 1.82) is 0 Å². The first kappa shape index (κ1) is 14.7. The Morgan fingerprint density at radius 1 is 1.20 bits per heavy atom. The molecule has 1 amide bonds. The zero-order chi connectivity index (χ0) is 14.5. The van der Waals surface area contributed by atoms with E-state index in [0.717, 1.165) is 32.0 Å². The Morgan fingerprint density at radius 2 is 1.85 bits per heavy atom. The largest absolute Gasteiger partial charge is 0.354 e. The van der Waals surface area contributed by atoms with E-state index in [9.17, 15) is 4.79 Å². The smallest absolute Gasteiger partial charge is 0.272 e. The van der Waals surface area contributed by atoms with Gasteiger partial charge in [0.15, 0.2) is 0 Å². The van der Waals surface area contributed by atoms with Gasteiger partial charge in [0.2, 0.25) is 0 Å². The predicted molar refractivity (Wildman–Crippen MR) is 79.0 cm³/mol. The Morgan fingerprint density at radius 3 is 2.45 bits per heavy atom. The average Bonchev–Trinajstić information content (AvgIpc) is 2.49. The number of hydrogen-bond donors (Lipinski definition) is 0. The zero-order valence-corrected chi connectivity index (χ0v) is 12.5. The summed E-state index contributed by atoms with van der Waals surface area (Å²) in [5.41, 5.74) is 0.484. The van der Waals surface area contributed by atoms with Crippen molar-refractivity contribution in [3.05, 3.63) is 18.1 Å². The summed E-state index contributed by atoms with van der Waals surface area (Å²) in [6, 6.07) is 1.81. The summed E-state index contributed by atoms with van der Waals surface area (Å²) < 4.78 is 0. The Kier molecular flexibility index (Phi) is 4.89. The van der Waals surface area contributed by atoms with Crippen LogP contribution in [0.4, 0.5) is 5.82 Å². The number of rotatable bonds is 4. The average molecular weight is 277 g/mol. The van der Waals surface area contributed by atoms with Crippen molar-refractivity contribution in [3.8, 4) is 0 Å². The molecule has 0 unspecified atom stereocenters. The lowest BCUT2D eigenvalue weighted by atomic mass is 10.3. The minimum atomic E-state index is -0.0206. The van der Waals surface area contributed by atoms with E-state index in [1.165, 1.54) is 6.33 Å². The van der Waals surface area contributed by atoms with Crippen LogP contribution in [-0.4, -0.2) is 72.0 Å². The molecule has 0 aliphatic carbocycles. The highest BCUT2D eigenvalue weighted by Gasteiger charge is 2.19. The highest BCUT2D eigenvalue weighted by atomic mass is 16.2. The maximum atomic E-state index is 12.3. The van der Waals surface area contributed by atoms with Crippen LogP contribution < -0.4 is 4.90 Å². The van der Waals surface area contributed by atoms with Crippen LogP contribution >= 0.6 is 0 Å². The van der Waals surface area contributed by atoms with Crippen LogP contribution in [0.3, 0.4) is 0 Å². The number of anilines is 1. The van der Waals surface area contributed by atoms with Gasteiger partial charge in [0.1, 0.15) is 17.8 Å². The maximum Gasteiger partial charge on any atom is 0.272 e. The van der Waals surface area contributed by atoms with Crippen LogP contribution in [0.1, 0.15) is 24.3 Å². The molecule has 6 nitrogen and oxygen atoms in total. The van der Waals surface area contributed by atoms with Crippen LogP contribution in [-0.2, 0) is 0 Å². The number of hydrogen-bond acceptors (Lipinski definition) is 5. The molecule has 2 rings (SSSR count). The zero-order valence-electron chi connectivity index (χ0n) is 12.5. The van der Waals surface area contributed by atoms with Gasteiger partial charge in [-0.05, 0) is 20.9 Å². The lowest BCUT2D eigenvalue weighted by molar-refractivity contribution is 0.0767. The van der Waals surface area contributed by atoms with E-state index in [-0.39, 0.29) is 5.91 Å². The second-order valence-electron chi connectivity index (χ2n) is 5.03. The predicted octanol–water partition coefficient (Wildman–Crippen LogP) is 0.710. The van der Waals surface area contributed by atoms with Crippen molar-refractivity contribution in [3.63, 3.8) is 0 Å². The second kappa shape index (κ2) is 6.65. The first-order chi connectivity index (χ1) is 9.65. The standard InChI is InChI=1S/C14H23N5O/c1-4-18(5-2)14(20)12-10-13(16-11-15-12)19-8-6-17(3)7-9-19/h10-11H,4-9H2,1-3H3. The summed E-state index contributed by atoms with van der Waals surface area (Å²) >= 11 is 0. The van der Waals surface area contributed by atoms with E-state index in [4.69, 9.17) is 0 Å². The quantitative estimate of drug-likeness (QED) is 0.811. The van der Waals surface area contributed by atoms with Gasteiger partial charge < -0.3 is 14.7 Å². The van der Waals surface area contributed by atoms with Crippen molar-refractivity contribution >= 4 is 11.7 Å². The highest BCUT2D eigenvalue weighted by Crippen LogP contribution is 2.14. The molecule has 0 radical (unpaired) electrons. The third-order valence-electron chi connectivity index (χ3n) is 3.75. The maximum absolute atomic E-state index is 12.3. The van der Waals surface area contributed by atoms with Gasteiger partial charge in [-0.25, -0.2) is 9.97 Å². The van der Waals surface area contributed by atoms with Crippen molar-refractivity contribution in [2.45, 2.75) is 13.8 Å². The Labute approximate surface area is 120 Å². The van der Waals surface area contributed by atoms with Crippen LogP contribution in [0.2, 0.25) is 0 Å². The normalized spacial score (nSPS) is 16.2. The number of aromatic nitrogens is 2. The van der Waals surface area contributed by atoms with Crippen LogP contribution in [0, 0.1) is 0 Å². The van der Waals surface area contributed by atoms with Crippen LogP contribution in [0.25, 0.3) is 0 Å². The minimum absolute atomic E-state index is 0.0206. The summed E-state index contributed by atoms with van der Waals surface area (Å²) in [7, 11) is 2.12. The van der Waals surface area contributed by atoms with E-state index in [1.54, 1.807) is 4.90 Å². The molecule has 110 valence electrons. The number of amides is 1. The third-order valence-corrected chi connectivity index (χ3v) is 3.75. The molecule has 20 heavy (non-hydrogen) atoms. The van der Waals surface area contributed by atoms with Crippen molar-refractivity contribution < 1.29 is 4.79 Å². The molecule has 0 N–H and O–H groups in total. The van der Waals surface area contributed by atoms with Gasteiger partial charge in [0.25, 0.3) is 5.91 Å². The summed E-state index contributed by atoms with van der Waals surface area (Å²) in [6.07, 6.45) is 1.49. The van der Waals surface area contributed by atoms with Gasteiger partial charge in [-0.3, -0.25) is 4.79 Å². The van der Waals surface area contributed by atoms with Gasteiger partial charge in [0, 0.05) is 45.3 Å². The third kappa shape index (κ3) is 3.25. The molecule has 1 aliphatic heterocycles. The summed E-state index contributed by atoms with van der Waals surface area (Å²) in [5.74, 6) is 0.830. The van der Waals surface area contributed by atoms with Gasteiger partial charge in [-0.2, -0.15) is 0 Å². The lowest BCUT2D eigenvalue weighted by Gasteiger charge is -2.33. The Bertz CT molecular complexity index is 453. The monoisotopic (exact) mass is 277 g/mol. The molecule has 6 heteroatoms. The number of nitrogens with zero attached hydrogens (tertiary/aromatic N) is 5. The first-order valence-corrected chi connectivity index (χ1v) is 7.20. The molecule has 0 spiro atoms. The molecule has 0 atom stereocenters. The van der Waals surface area contributed by atoms with E-state index in [2.05, 4.69) is 26.8 Å². The molecule has 0 bridgehead atoms. The van der Waals surface area contributed by atoms with Crippen LogP contribution in [0.15, 0.2) is 12.4 Å². The van der Waals surface area contributed by atoms with Gasteiger partial charge in [-0.15, -0.1) is 0 Å². The molecule has 1 fully saturated rings. The number of piperazine rings is 1. The minimum Gasteiger partial charge on any atom is -0.354 e. The fraction of sp³-hybridized carbons (Fsp3) is 0.643. The highest BCUT2D eigenvalue weighted by molar-refractivity contribution is 5.92. The Balaban J connectivity index is 2.13. The van der Waals surface area contributed by atoms with E-state index in [1.807, 2.05) is 19.9 Å². The van der Waals surface area contributed by atoms with E-state index in [0.29, 0.717) is 18.8 Å².